The van der Waals surface area contributed by atoms with Crippen molar-refractivity contribution in [3.63, 3.8) is 0 Å². The molecule has 1 heterocycles. The number of carbonyl (C=O) groups excluding carboxylic acids is 2. The molecule has 5 heteroatoms. The molecule has 0 aliphatic heterocycles. The number of aryl methyl sites for hydroxylation is 3. The van der Waals surface area contributed by atoms with Crippen molar-refractivity contribution in [3.8, 4) is 0 Å². The van der Waals surface area contributed by atoms with E-state index in [1.165, 1.54) is 12.7 Å². The monoisotopic (exact) mass is 343 g/mol. The van der Waals surface area contributed by atoms with E-state index in [0.29, 0.717) is 17.9 Å². The van der Waals surface area contributed by atoms with E-state index in [0.717, 1.165) is 16.7 Å². The minimum absolute atomic E-state index is 0.0703. The molecule has 0 aliphatic rings. The van der Waals surface area contributed by atoms with Gasteiger partial charge in [0.25, 0.3) is 0 Å². The van der Waals surface area contributed by atoms with Gasteiger partial charge in [0.15, 0.2) is 0 Å². The van der Waals surface area contributed by atoms with E-state index in [4.69, 9.17) is 9.26 Å². The lowest BCUT2D eigenvalue weighted by Crippen LogP contribution is -2.15. The van der Waals surface area contributed by atoms with Crippen molar-refractivity contribution in [2.75, 3.05) is 7.11 Å². The van der Waals surface area contributed by atoms with Crippen LogP contribution in [0.1, 0.15) is 52.5 Å². The SMILES string of the molecule is COC(=O)CC(CC(=O)Cc1ccc(C)cc1C)c1noc(C)c1C. The molecule has 0 saturated carbocycles. The fourth-order valence-electron chi connectivity index (χ4n) is 2.97. The highest BCUT2D eigenvalue weighted by Gasteiger charge is 2.25. The fourth-order valence-corrected chi connectivity index (χ4v) is 2.97. The van der Waals surface area contributed by atoms with Gasteiger partial charge in [-0.3, -0.25) is 9.59 Å². The fraction of sp³-hybridized carbons (Fsp3) is 0.450. The van der Waals surface area contributed by atoms with Gasteiger partial charge in [-0.05, 0) is 38.8 Å². The van der Waals surface area contributed by atoms with Gasteiger partial charge in [-0.2, -0.15) is 0 Å². The summed E-state index contributed by atoms with van der Waals surface area (Å²) in [4.78, 5) is 24.4. The van der Waals surface area contributed by atoms with Crippen LogP contribution < -0.4 is 0 Å². The number of benzene rings is 1. The van der Waals surface area contributed by atoms with Gasteiger partial charge in [0.05, 0.1) is 19.2 Å². The number of aromatic nitrogens is 1. The molecule has 1 aromatic carbocycles. The number of esters is 1. The lowest BCUT2D eigenvalue weighted by molar-refractivity contribution is -0.141. The van der Waals surface area contributed by atoms with Crippen LogP contribution in [0.2, 0.25) is 0 Å². The molecule has 0 saturated heterocycles. The van der Waals surface area contributed by atoms with E-state index in [-0.39, 0.29) is 30.5 Å². The Bertz CT molecular complexity index is 776. The Hall–Kier alpha value is -2.43. The number of nitrogens with zero attached hydrogens (tertiary/aromatic N) is 1. The maximum Gasteiger partial charge on any atom is 0.306 e. The quantitative estimate of drug-likeness (QED) is 0.716. The third kappa shape index (κ3) is 4.78. The Morgan fingerprint density at radius 3 is 2.44 bits per heavy atom. The van der Waals surface area contributed by atoms with Crippen LogP contribution in [-0.2, 0) is 20.7 Å². The Morgan fingerprint density at radius 1 is 1.16 bits per heavy atom. The van der Waals surface area contributed by atoms with E-state index >= 15 is 0 Å². The van der Waals surface area contributed by atoms with Gasteiger partial charge in [-0.15, -0.1) is 0 Å². The van der Waals surface area contributed by atoms with Crippen LogP contribution in [0.25, 0.3) is 0 Å². The van der Waals surface area contributed by atoms with Crippen molar-refractivity contribution in [1.29, 1.82) is 0 Å². The summed E-state index contributed by atoms with van der Waals surface area (Å²) in [7, 11) is 1.35. The Morgan fingerprint density at radius 2 is 1.88 bits per heavy atom. The lowest BCUT2D eigenvalue weighted by atomic mass is 9.90. The molecule has 1 aromatic heterocycles. The highest BCUT2D eigenvalue weighted by molar-refractivity contribution is 5.83. The van der Waals surface area contributed by atoms with Crippen molar-refractivity contribution in [3.05, 3.63) is 51.9 Å². The number of methoxy groups -OCH3 is 1. The summed E-state index contributed by atoms with van der Waals surface area (Å²) in [5, 5.41) is 4.06. The number of ether oxygens (including phenoxy) is 1. The molecule has 0 spiro atoms. The first kappa shape index (κ1) is 18.9. The van der Waals surface area contributed by atoms with Gasteiger partial charge in [0.1, 0.15) is 11.5 Å². The van der Waals surface area contributed by atoms with E-state index in [9.17, 15) is 9.59 Å². The standard InChI is InChI=1S/C20H25NO4/c1-12-6-7-16(13(2)8-12)9-18(22)10-17(11-19(23)24-5)20-14(3)15(4)25-21-20/h6-8,17H,9-11H2,1-5H3. The minimum Gasteiger partial charge on any atom is -0.469 e. The first-order valence-corrected chi connectivity index (χ1v) is 8.39. The Balaban J connectivity index is 2.16. The number of rotatable bonds is 7. The van der Waals surface area contributed by atoms with E-state index in [1.54, 1.807) is 0 Å². The van der Waals surface area contributed by atoms with Gasteiger partial charge < -0.3 is 9.26 Å². The smallest absolute Gasteiger partial charge is 0.306 e. The van der Waals surface area contributed by atoms with Crippen molar-refractivity contribution < 1.29 is 18.8 Å². The molecular formula is C20H25NO4. The van der Waals surface area contributed by atoms with Crippen LogP contribution in [0.5, 0.6) is 0 Å². The molecule has 5 nitrogen and oxygen atoms in total. The zero-order chi connectivity index (χ0) is 18.6. The number of hydrogen-bond acceptors (Lipinski definition) is 5. The van der Waals surface area contributed by atoms with E-state index in [2.05, 4.69) is 11.2 Å². The van der Waals surface area contributed by atoms with Gasteiger partial charge in [-0.25, -0.2) is 0 Å². The van der Waals surface area contributed by atoms with Crippen LogP contribution in [-0.4, -0.2) is 24.0 Å². The van der Waals surface area contributed by atoms with Gasteiger partial charge in [-0.1, -0.05) is 28.9 Å². The van der Waals surface area contributed by atoms with Gasteiger partial charge in [0, 0.05) is 24.3 Å². The molecule has 1 atom stereocenters. The summed E-state index contributed by atoms with van der Waals surface area (Å²) in [6, 6.07) is 6.07. The van der Waals surface area contributed by atoms with E-state index in [1.807, 2.05) is 39.8 Å². The molecule has 0 aliphatic carbocycles. The molecule has 0 radical (unpaired) electrons. The Kier molecular flexibility index (Phi) is 6.12. The molecule has 2 aromatic rings. The van der Waals surface area contributed by atoms with Crippen LogP contribution in [0, 0.1) is 27.7 Å². The van der Waals surface area contributed by atoms with E-state index < -0.39 is 0 Å². The molecular weight excluding hydrogens is 318 g/mol. The Labute approximate surface area is 148 Å². The highest BCUT2D eigenvalue weighted by atomic mass is 16.5. The van der Waals surface area contributed by atoms with Crippen molar-refractivity contribution in [2.24, 2.45) is 0 Å². The summed E-state index contributed by atoms with van der Waals surface area (Å²) < 4.78 is 9.98. The van der Waals surface area contributed by atoms with Crippen molar-refractivity contribution in [2.45, 2.75) is 52.9 Å². The average molecular weight is 343 g/mol. The molecule has 134 valence electrons. The second-order valence-electron chi connectivity index (χ2n) is 6.58. The number of Topliss-reactive ketones (excluding diaryl/α,β-unsaturated/α-hetero) is 1. The lowest BCUT2D eigenvalue weighted by Gasteiger charge is -2.14. The van der Waals surface area contributed by atoms with Gasteiger partial charge >= 0.3 is 5.97 Å². The minimum atomic E-state index is -0.357. The number of hydrogen-bond donors (Lipinski definition) is 0. The largest absolute Gasteiger partial charge is 0.469 e. The second-order valence-corrected chi connectivity index (χ2v) is 6.58. The third-order valence-electron chi connectivity index (χ3n) is 4.58. The normalized spacial score (nSPS) is 12.0. The molecule has 0 N–H and O–H groups in total. The molecule has 0 amide bonds. The average Bonchev–Trinajstić information content (AvgIpc) is 2.89. The van der Waals surface area contributed by atoms with Crippen molar-refractivity contribution >= 4 is 11.8 Å². The second kappa shape index (κ2) is 8.10. The zero-order valence-electron chi connectivity index (χ0n) is 15.5. The van der Waals surface area contributed by atoms with Crippen LogP contribution in [0.4, 0.5) is 0 Å². The van der Waals surface area contributed by atoms with Crippen LogP contribution >= 0.6 is 0 Å². The molecule has 0 fully saturated rings. The summed E-state index contributed by atoms with van der Waals surface area (Å²) in [6.45, 7) is 7.74. The molecule has 0 bridgehead atoms. The maximum absolute atomic E-state index is 12.6. The first-order valence-electron chi connectivity index (χ1n) is 8.39. The summed E-state index contributed by atoms with van der Waals surface area (Å²) >= 11 is 0. The van der Waals surface area contributed by atoms with Crippen LogP contribution in [0.15, 0.2) is 22.7 Å². The zero-order valence-corrected chi connectivity index (χ0v) is 15.5. The molecule has 1 unspecified atom stereocenters. The number of carbonyl (C=O) groups is 2. The topological polar surface area (TPSA) is 69.4 Å². The summed E-state index contributed by atoms with van der Waals surface area (Å²) in [5.74, 6) is 0.0835. The molecule has 2 rings (SSSR count). The number of ketones is 1. The highest BCUT2D eigenvalue weighted by Crippen LogP contribution is 2.28. The predicted octanol–water partition coefficient (Wildman–Crippen LogP) is 3.76. The van der Waals surface area contributed by atoms with Crippen LogP contribution in [0.3, 0.4) is 0 Å². The third-order valence-corrected chi connectivity index (χ3v) is 4.58. The summed E-state index contributed by atoms with van der Waals surface area (Å²) in [5.41, 5.74) is 4.84. The maximum atomic E-state index is 12.6. The predicted molar refractivity (Wildman–Crippen MR) is 94.6 cm³/mol. The molecule has 25 heavy (non-hydrogen) atoms. The van der Waals surface area contributed by atoms with Gasteiger partial charge in [0.2, 0.25) is 0 Å². The summed E-state index contributed by atoms with van der Waals surface area (Å²) in [6.07, 6.45) is 0.691. The van der Waals surface area contributed by atoms with Crippen molar-refractivity contribution in [1.82, 2.24) is 5.16 Å². The first-order chi connectivity index (χ1) is 11.8.